The van der Waals surface area contributed by atoms with Crippen molar-refractivity contribution in [1.82, 2.24) is 14.5 Å². The monoisotopic (exact) mass is 338 g/mol. The van der Waals surface area contributed by atoms with E-state index in [9.17, 15) is 9.90 Å². The van der Waals surface area contributed by atoms with Crippen LogP contribution in [0.1, 0.15) is 12.6 Å². The maximum Gasteiger partial charge on any atom is 0.351 e. The number of nitrogens with zero attached hydrogens (tertiary/aromatic N) is 4. The summed E-state index contributed by atoms with van der Waals surface area (Å²) in [5, 5.41) is 18.8. The lowest BCUT2D eigenvalue weighted by Gasteiger charge is -2.24. The van der Waals surface area contributed by atoms with E-state index in [1.807, 2.05) is 0 Å². The molecule has 0 saturated carbocycles. The summed E-state index contributed by atoms with van der Waals surface area (Å²) >= 11 is 0. The number of morpholine rings is 1. The van der Waals surface area contributed by atoms with E-state index in [-0.39, 0.29) is 13.0 Å². The molecule has 2 N–H and O–H groups in total. The van der Waals surface area contributed by atoms with Crippen LogP contribution in [0, 0.1) is 0 Å². The predicted molar refractivity (Wildman–Crippen MR) is 85.5 cm³/mol. The van der Waals surface area contributed by atoms with Gasteiger partial charge in [-0.05, 0) is 6.07 Å². The highest BCUT2D eigenvalue weighted by Gasteiger charge is 2.34. The highest BCUT2D eigenvalue weighted by Crippen LogP contribution is 2.27. The lowest BCUT2D eigenvalue weighted by Crippen LogP contribution is -2.37. The molecule has 0 amide bonds. The molecule has 24 heavy (non-hydrogen) atoms. The molecule has 0 spiro atoms. The van der Waals surface area contributed by atoms with Gasteiger partial charge in [0, 0.05) is 38.5 Å². The fourth-order valence-electron chi connectivity index (χ4n) is 2.78. The Morgan fingerprint density at radius 1 is 1.42 bits per heavy atom. The van der Waals surface area contributed by atoms with Crippen LogP contribution < -0.4 is 5.69 Å². The molecule has 3 atom stereocenters. The smallest absolute Gasteiger partial charge is 0.351 e. The van der Waals surface area contributed by atoms with Crippen LogP contribution in [-0.2, 0) is 9.47 Å². The van der Waals surface area contributed by atoms with Crippen LogP contribution in [0.15, 0.2) is 22.1 Å². The van der Waals surface area contributed by atoms with E-state index < -0.39 is 24.1 Å². The van der Waals surface area contributed by atoms with E-state index in [1.54, 1.807) is 18.5 Å². The lowest BCUT2D eigenvalue weighted by atomic mass is 10.2. The number of hydrogen-bond donors (Lipinski definition) is 2. The van der Waals surface area contributed by atoms with Gasteiger partial charge in [0.1, 0.15) is 12.3 Å². The summed E-state index contributed by atoms with van der Waals surface area (Å²) in [6, 6.07) is 1.62. The van der Waals surface area contributed by atoms with E-state index in [2.05, 4.69) is 14.9 Å². The van der Waals surface area contributed by atoms with Crippen molar-refractivity contribution in [3.05, 3.63) is 22.7 Å². The summed E-state index contributed by atoms with van der Waals surface area (Å²) in [4.78, 5) is 22.5. The predicted octanol–water partition coefficient (Wildman–Crippen LogP) is -1.08. The minimum atomic E-state index is -0.793. The molecular formula is C15H22N4O5. The zero-order valence-electron chi connectivity index (χ0n) is 13.3. The van der Waals surface area contributed by atoms with Crippen LogP contribution >= 0.6 is 0 Å². The third-order valence-corrected chi connectivity index (χ3v) is 4.18. The van der Waals surface area contributed by atoms with Gasteiger partial charge in [-0.15, -0.1) is 0 Å². The van der Waals surface area contributed by atoms with Gasteiger partial charge in [0.25, 0.3) is 0 Å². The fraction of sp³-hybridized carbons (Fsp3) is 0.667. The highest BCUT2D eigenvalue weighted by atomic mass is 16.5. The quantitative estimate of drug-likeness (QED) is 0.657. The van der Waals surface area contributed by atoms with Crippen molar-refractivity contribution >= 4 is 12.0 Å². The molecule has 0 bridgehead atoms. The van der Waals surface area contributed by atoms with Gasteiger partial charge in [-0.2, -0.15) is 4.98 Å². The molecule has 2 aliphatic rings. The second-order valence-electron chi connectivity index (χ2n) is 5.82. The van der Waals surface area contributed by atoms with Gasteiger partial charge < -0.3 is 19.7 Å². The molecule has 1 aromatic rings. The maximum atomic E-state index is 12.1. The Bertz CT molecular complexity index is 629. The summed E-state index contributed by atoms with van der Waals surface area (Å²) in [5.74, 6) is 0.335. The SMILES string of the molecule is O=c1nc(N=CCN2CCOCC2)ccn1[C@H]1C[C@H](O)[C@@H](CO)O1. The van der Waals surface area contributed by atoms with Crippen molar-refractivity contribution in [2.45, 2.75) is 24.9 Å². The number of aliphatic hydroxyl groups excluding tert-OH is 2. The molecule has 2 aliphatic heterocycles. The average molecular weight is 338 g/mol. The van der Waals surface area contributed by atoms with E-state index in [4.69, 9.17) is 14.6 Å². The minimum Gasteiger partial charge on any atom is -0.394 e. The van der Waals surface area contributed by atoms with Crippen LogP contribution in [0.5, 0.6) is 0 Å². The number of rotatable bonds is 5. The molecule has 9 nitrogen and oxygen atoms in total. The number of aliphatic imine (C=N–C) groups is 1. The van der Waals surface area contributed by atoms with E-state index in [0.29, 0.717) is 12.4 Å². The molecular weight excluding hydrogens is 316 g/mol. The Morgan fingerprint density at radius 2 is 2.21 bits per heavy atom. The zero-order chi connectivity index (χ0) is 16.9. The maximum absolute atomic E-state index is 12.1. The molecule has 3 heterocycles. The van der Waals surface area contributed by atoms with Gasteiger partial charge in [0.15, 0.2) is 5.82 Å². The molecule has 0 radical (unpaired) electrons. The van der Waals surface area contributed by atoms with E-state index in [0.717, 1.165) is 26.3 Å². The number of hydrogen-bond acceptors (Lipinski definition) is 8. The van der Waals surface area contributed by atoms with E-state index >= 15 is 0 Å². The summed E-state index contributed by atoms with van der Waals surface area (Å²) in [5.41, 5.74) is -0.494. The first-order valence-corrected chi connectivity index (χ1v) is 8.03. The molecule has 132 valence electrons. The number of ether oxygens (including phenoxy) is 2. The van der Waals surface area contributed by atoms with E-state index in [1.165, 1.54) is 4.57 Å². The summed E-state index contributed by atoms with van der Waals surface area (Å²) in [6.45, 7) is 3.59. The Kier molecular flexibility index (Phi) is 5.69. The normalized spacial score (nSPS) is 28.7. The second-order valence-corrected chi connectivity index (χ2v) is 5.82. The fourth-order valence-corrected chi connectivity index (χ4v) is 2.78. The lowest BCUT2D eigenvalue weighted by molar-refractivity contribution is -0.0458. The third kappa shape index (κ3) is 4.05. The van der Waals surface area contributed by atoms with Gasteiger partial charge in [-0.25, -0.2) is 9.79 Å². The molecule has 0 aromatic carbocycles. The van der Waals surface area contributed by atoms with Crippen molar-refractivity contribution in [1.29, 1.82) is 0 Å². The minimum absolute atomic E-state index is 0.243. The van der Waals surface area contributed by atoms with Crippen molar-refractivity contribution in [3.8, 4) is 0 Å². The van der Waals surface area contributed by atoms with Crippen LogP contribution in [0.3, 0.4) is 0 Å². The third-order valence-electron chi connectivity index (χ3n) is 4.18. The van der Waals surface area contributed by atoms with Gasteiger partial charge in [0.05, 0.1) is 25.9 Å². The van der Waals surface area contributed by atoms with Gasteiger partial charge >= 0.3 is 5.69 Å². The molecule has 1 aromatic heterocycles. The number of aromatic nitrogens is 2. The topological polar surface area (TPSA) is 109 Å². The molecule has 0 unspecified atom stereocenters. The summed E-state index contributed by atoms with van der Waals surface area (Å²) < 4.78 is 12.0. The number of aliphatic hydroxyl groups is 2. The molecule has 2 fully saturated rings. The highest BCUT2D eigenvalue weighted by molar-refractivity contribution is 5.63. The summed E-state index contributed by atoms with van der Waals surface area (Å²) in [7, 11) is 0. The van der Waals surface area contributed by atoms with Crippen LogP contribution in [0.4, 0.5) is 5.82 Å². The standard InChI is InChI=1S/C15H22N4O5/c20-10-12-11(21)9-14(24-12)19-3-1-13(17-15(19)22)16-2-4-18-5-7-23-8-6-18/h1-3,11-12,14,20-21H,4-10H2/t11-,12+,14+/m0/s1. The Labute approximate surface area is 139 Å². The second kappa shape index (κ2) is 7.95. The van der Waals surface area contributed by atoms with Gasteiger partial charge in [-0.1, -0.05) is 0 Å². The Balaban J connectivity index is 1.61. The molecule has 9 heteroatoms. The Hall–Kier alpha value is -1.65. The first-order valence-electron chi connectivity index (χ1n) is 8.03. The Morgan fingerprint density at radius 3 is 2.88 bits per heavy atom. The van der Waals surface area contributed by atoms with Crippen molar-refractivity contribution < 1.29 is 19.7 Å². The zero-order valence-corrected chi connectivity index (χ0v) is 13.3. The largest absolute Gasteiger partial charge is 0.394 e. The van der Waals surface area contributed by atoms with Crippen molar-refractivity contribution in [2.24, 2.45) is 4.99 Å². The average Bonchev–Trinajstić information content (AvgIpc) is 2.96. The van der Waals surface area contributed by atoms with Crippen LogP contribution in [0.25, 0.3) is 0 Å². The first-order chi connectivity index (χ1) is 11.7. The first kappa shape index (κ1) is 17.2. The van der Waals surface area contributed by atoms with Crippen molar-refractivity contribution in [3.63, 3.8) is 0 Å². The van der Waals surface area contributed by atoms with Gasteiger partial charge in [0.2, 0.25) is 0 Å². The van der Waals surface area contributed by atoms with Crippen molar-refractivity contribution in [2.75, 3.05) is 39.5 Å². The summed E-state index contributed by atoms with van der Waals surface area (Å²) in [6.07, 6.45) is 1.44. The van der Waals surface area contributed by atoms with Gasteiger partial charge in [-0.3, -0.25) is 9.47 Å². The molecule has 3 rings (SSSR count). The van der Waals surface area contributed by atoms with Crippen LogP contribution in [0.2, 0.25) is 0 Å². The van der Waals surface area contributed by atoms with Crippen LogP contribution in [-0.4, -0.2) is 82.5 Å². The molecule has 2 saturated heterocycles. The molecule has 0 aliphatic carbocycles.